The third-order valence-electron chi connectivity index (χ3n) is 2.21. The fraction of sp³-hybridized carbons (Fsp3) is 0.0833. The first kappa shape index (κ1) is 10.1. The minimum absolute atomic E-state index is 0.218. The van der Waals surface area contributed by atoms with Gasteiger partial charge in [0, 0.05) is 11.2 Å². The van der Waals surface area contributed by atoms with Crippen LogP contribution in [0.2, 0.25) is 5.02 Å². The van der Waals surface area contributed by atoms with Crippen LogP contribution in [0.1, 0.15) is 17.3 Å². The molecule has 2 N–H and O–H groups in total. The Labute approximate surface area is 93.7 Å². The monoisotopic (exact) mass is 218 g/mol. The predicted octanol–water partition coefficient (Wildman–Crippen LogP) is 2.78. The van der Waals surface area contributed by atoms with Crippen LogP contribution in [0.15, 0.2) is 48.7 Å². The molecule has 0 amide bonds. The zero-order valence-corrected chi connectivity index (χ0v) is 8.85. The molecule has 0 aliphatic heterocycles. The van der Waals surface area contributed by atoms with Gasteiger partial charge < -0.3 is 5.73 Å². The van der Waals surface area contributed by atoms with Gasteiger partial charge in [0.05, 0.1) is 11.7 Å². The molecule has 15 heavy (non-hydrogen) atoms. The van der Waals surface area contributed by atoms with Crippen molar-refractivity contribution in [1.82, 2.24) is 4.98 Å². The van der Waals surface area contributed by atoms with Crippen molar-refractivity contribution < 1.29 is 0 Å². The van der Waals surface area contributed by atoms with Gasteiger partial charge in [-0.25, -0.2) is 0 Å². The minimum atomic E-state index is -0.218. The first-order valence-electron chi connectivity index (χ1n) is 4.69. The molecule has 0 fully saturated rings. The molecule has 2 aromatic rings. The van der Waals surface area contributed by atoms with E-state index in [0.717, 1.165) is 11.3 Å². The van der Waals surface area contributed by atoms with E-state index in [1.165, 1.54) is 0 Å². The molecule has 0 spiro atoms. The van der Waals surface area contributed by atoms with Gasteiger partial charge in [0.25, 0.3) is 0 Å². The second-order valence-corrected chi connectivity index (χ2v) is 3.72. The summed E-state index contributed by atoms with van der Waals surface area (Å²) in [6.07, 6.45) is 1.74. The van der Waals surface area contributed by atoms with Crippen molar-refractivity contribution in [2.75, 3.05) is 0 Å². The molecule has 0 radical (unpaired) electrons. The summed E-state index contributed by atoms with van der Waals surface area (Å²) in [5, 5.41) is 0.693. The molecule has 76 valence electrons. The van der Waals surface area contributed by atoms with Crippen LogP contribution in [0.5, 0.6) is 0 Å². The zero-order chi connectivity index (χ0) is 10.7. The van der Waals surface area contributed by atoms with Crippen LogP contribution in [0.4, 0.5) is 0 Å². The average Bonchev–Trinajstić information content (AvgIpc) is 2.29. The molecule has 3 heteroatoms. The maximum Gasteiger partial charge on any atom is 0.0726 e. The van der Waals surface area contributed by atoms with Gasteiger partial charge in [-0.05, 0) is 29.8 Å². The van der Waals surface area contributed by atoms with E-state index in [9.17, 15) is 0 Å². The highest BCUT2D eigenvalue weighted by atomic mass is 35.5. The molecular formula is C12H11ClN2. The fourth-order valence-electron chi connectivity index (χ4n) is 1.43. The van der Waals surface area contributed by atoms with Gasteiger partial charge in [0.15, 0.2) is 0 Å². The van der Waals surface area contributed by atoms with Gasteiger partial charge in [-0.3, -0.25) is 4.98 Å². The van der Waals surface area contributed by atoms with Crippen molar-refractivity contribution in [3.05, 3.63) is 64.9 Å². The summed E-state index contributed by atoms with van der Waals surface area (Å²) in [6, 6.07) is 13.0. The van der Waals surface area contributed by atoms with Crippen LogP contribution in [-0.4, -0.2) is 4.98 Å². The number of hydrogen-bond acceptors (Lipinski definition) is 2. The summed E-state index contributed by atoms with van der Waals surface area (Å²) in [7, 11) is 0. The predicted molar refractivity (Wildman–Crippen MR) is 61.7 cm³/mol. The highest BCUT2D eigenvalue weighted by Gasteiger charge is 2.09. The van der Waals surface area contributed by atoms with Gasteiger partial charge in [-0.2, -0.15) is 0 Å². The Morgan fingerprint density at radius 3 is 2.67 bits per heavy atom. The van der Waals surface area contributed by atoms with Crippen LogP contribution >= 0.6 is 11.6 Å². The van der Waals surface area contributed by atoms with Gasteiger partial charge >= 0.3 is 0 Å². The van der Waals surface area contributed by atoms with Crippen molar-refractivity contribution in [1.29, 1.82) is 0 Å². The van der Waals surface area contributed by atoms with E-state index in [2.05, 4.69) is 4.98 Å². The molecular weight excluding hydrogens is 208 g/mol. The lowest BCUT2D eigenvalue weighted by Gasteiger charge is -2.11. The van der Waals surface area contributed by atoms with Crippen LogP contribution in [0.3, 0.4) is 0 Å². The lowest BCUT2D eigenvalue weighted by atomic mass is 10.0. The van der Waals surface area contributed by atoms with Crippen LogP contribution in [0.25, 0.3) is 0 Å². The molecule has 0 aliphatic carbocycles. The molecule has 1 aromatic heterocycles. The first-order valence-corrected chi connectivity index (χ1v) is 5.07. The third kappa shape index (κ3) is 2.35. The Hall–Kier alpha value is -1.38. The zero-order valence-electron chi connectivity index (χ0n) is 8.10. The molecule has 1 atom stereocenters. The number of pyridine rings is 1. The number of halogens is 1. The van der Waals surface area contributed by atoms with Crippen molar-refractivity contribution in [3.63, 3.8) is 0 Å². The number of nitrogens with two attached hydrogens (primary N) is 1. The van der Waals surface area contributed by atoms with Crippen LogP contribution in [0, 0.1) is 0 Å². The summed E-state index contributed by atoms with van der Waals surface area (Å²) < 4.78 is 0. The summed E-state index contributed by atoms with van der Waals surface area (Å²) in [6.45, 7) is 0. The average molecular weight is 219 g/mol. The maximum atomic E-state index is 6.06. The molecule has 1 unspecified atom stereocenters. The smallest absolute Gasteiger partial charge is 0.0726 e. The minimum Gasteiger partial charge on any atom is -0.319 e. The van der Waals surface area contributed by atoms with E-state index < -0.39 is 0 Å². The summed E-state index contributed by atoms with van der Waals surface area (Å²) in [5.41, 5.74) is 7.88. The topological polar surface area (TPSA) is 38.9 Å². The molecule has 2 rings (SSSR count). The second-order valence-electron chi connectivity index (χ2n) is 3.29. The van der Waals surface area contributed by atoms with Crippen LogP contribution < -0.4 is 5.73 Å². The van der Waals surface area contributed by atoms with E-state index in [4.69, 9.17) is 17.3 Å². The van der Waals surface area contributed by atoms with Gasteiger partial charge in [0.1, 0.15) is 0 Å². The Morgan fingerprint density at radius 2 is 2.00 bits per heavy atom. The maximum absolute atomic E-state index is 6.06. The SMILES string of the molecule is NC(c1cccc(Cl)c1)c1ccccn1. The van der Waals surface area contributed by atoms with Gasteiger partial charge in [-0.1, -0.05) is 29.8 Å². The molecule has 0 aliphatic rings. The number of benzene rings is 1. The van der Waals surface area contributed by atoms with Crippen molar-refractivity contribution in [2.45, 2.75) is 6.04 Å². The number of nitrogens with zero attached hydrogens (tertiary/aromatic N) is 1. The lowest BCUT2D eigenvalue weighted by molar-refractivity contribution is 0.829. The summed E-state index contributed by atoms with van der Waals surface area (Å²) in [4.78, 5) is 4.22. The quantitative estimate of drug-likeness (QED) is 0.842. The highest BCUT2D eigenvalue weighted by molar-refractivity contribution is 6.30. The highest BCUT2D eigenvalue weighted by Crippen LogP contribution is 2.20. The third-order valence-corrected chi connectivity index (χ3v) is 2.45. The normalized spacial score (nSPS) is 12.4. The molecule has 1 aromatic carbocycles. The van der Waals surface area contributed by atoms with Crippen molar-refractivity contribution in [3.8, 4) is 0 Å². The largest absolute Gasteiger partial charge is 0.319 e. The number of rotatable bonds is 2. The molecule has 1 heterocycles. The first-order chi connectivity index (χ1) is 7.27. The Bertz CT molecular complexity index is 442. The number of hydrogen-bond donors (Lipinski definition) is 1. The van der Waals surface area contributed by atoms with Gasteiger partial charge in [0.2, 0.25) is 0 Å². The van der Waals surface area contributed by atoms with E-state index >= 15 is 0 Å². The summed E-state index contributed by atoms with van der Waals surface area (Å²) in [5.74, 6) is 0. The number of aromatic nitrogens is 1. The Morgan fingerprint density at radius 1 is 1.13 bits per heavy atom. The van der Waals surface area contributed by atoms with E-state index in [1.807, 2.05) is 42.5 Å². The lowest BCUT2D eigenvalue weighted by Crippen LogP contribution is -2.13. The van der Waals surface area contributed by atoms with Crippen molar-refractivity contribution in [2.24, 2.45) is 5.73 Å². The standard InChI is InChI=1S/C12H11ClN2/c13-10-5-3-4-9(8-10)12(14)11-6-1-2-7-15-11/h1-8,12H,14H2. The van der Waals surface area contributed by atoms with Crippen molar-refractivity contribution >= 4 is 11.6 Å². The second kappa shape index (κ2) is 4.43. The molecule has 0 bridgehead atoms. The Balaban J connectivity index is 2.32. The van der Waals surface area contributed by atoms with Gasteiger partial charge in [-0.15, -0.1) is 0 Å². The van der Waals surface area contributed by atoms with E-state index in [0.29, 0.717) is 5.02 Å². The summed E-state index contributed by atoms with van der Waals surface area (Å²) >= 11 is 5.90. The molecule has 0 saturated heterocycles. The fourth-order valence-corrected chi connectivity index (χ4v) is 1.63. The van der Waals surface area contributed by atoms with Crippen LogP contribution in [-0.2, 0) is 0 Å². The molecule has 2 nitrogen and oxygen atoms in total. The Kier molecular flexibility index (Phi) is 2.99. The van der Waals surface area contributed by atoms with E-state index in [-0.39, 0.29) is 6.04 Å². The molecule has 0 saturated carbocycles. The van der Waals surface area contributed by atoms with E-state index in [1.54, 1.807) is 6.20 Å².